The van der Waals surface area contributed by atoms with E-state index < -0.39 is 0 Å². The van der Waals surface area contributed by atoms with Gasteiger partial charge in [0.2, 0.25) is 0 Å². The molecule has 1 aromatic carbocycles. The van der Waals surface area contributed by atoms with Gasteiger partial charge in [0.25, 0.3) is 5.91 Å². The molecule has 18 heavy (non-hydrogen) atoms. The van der Waals surface area contributed by atoms with Gasteiger partial charge in [0.1, 0.15) is 5.75 Å². The normalized spacial score (nSPS) is 10.1. The summed E-state index contributed by atoms with van der Waals surface area (Å²) in [6.07, 6.45) is 1.34. The highest BCUT2D eigenvalue weighted by molar-refractivity contribution is 6.32. The number of halogens is 1. The van der Waals surface area contributed by atoms with Crippen LogP contribution in [-0.2, 0) is 0 Å². The van der Waals surface area contributed by atoms with Crippen LogP contribution in [0, 0.1) is 0 Å². The lowest BCUT2D eigenvalue weighted by atomic mass is 10.3. The molecule has 6 nitrogen and oxygen atoms in total. The third kappa shape index (κ3) is 2.78. The van der Waals surface area contributed by atoms with Crippen molar-refractivity contribution in [2.45, 2.75) is 6.92 Å². The summed E-state index contributed by atoms with van der Waals surface area (Å²) in [5.74, 6) is 0.225. The maximum absolute atomic E-state index is 11.7. The number of ether oxygens (including phenoxy) is 1. The average molecular weight is 267 g/mol. The summed E-state index contributed by atoms with van der Waals surface area (Å²) in [5.41, 5.74) is 0.775. The molecule has 0 spiro atoms. The molecule has 0 unspecified atom stereocenters. The van der Waals surface area contributed by atoms with Crippen molar-refractivity contribution in [3.8, 4) is 5.75 Å². The Labute approximate surface area is 108 Å². The maximum atomic E-state index is 11.7. The standard InChI is InChI=1S/C11H11ClN4O2/c1-2-18-10-4-3-7(5-8(10)12)14-11(17)9-6-13-16-15-9/h3-6H,2H2,1H3,(H,14,17)(H,13,15,16). The molecule has 1 heterocycles. The van der Waals surface area contributed by atoms with Crippen molar-refractivity contribution in [2.24, 2.45) is 0 Å². The van der Waals surface area contributed by atoms with Gasteiger partial charge in [-0.15, -0.1) is 0 Å². The molecule has 2 N–H and O–H groups in total. The van der Waals surface area contributed by atoms with Gasteiger partial charge in [0.15, 0.2) is 5.69 Å². The Morgan fingerprint density at radius 2 is 2.39 bits per heavy atom. The minimum Gasteiger partial charge on any atom is -0.492 e. The first-order chi connectivity index (χ1) is 8.70. The molecule has 0 saturated heterocycles. The Morgan fingerprint density at radius 1 is 1.56 bits per heavy atom. The summed E-state index contributed by atoms with van der Waals surface area (Å²) < 4.78 is 5.30. The summed E-state index contributed by atoms with van der Waals surface area (Å²) in [6.45, 7) is 2.40. The number of H-pyrrole nitrogens is 1. The molecule has 0 saturated carbocycles. The first-order valence-electron chi connectivity index (χ1n) is 5.30. The van der Waals surface area contributed by atoms with Crippen LogP contribution >= 0.6 is 11.6 Å². The lowest BCUT2D eigenvalue weighted by Crippen LogP contribution is -2.12. The van der Waals surface area contributed by atoms with Crippen molar-refractivity contribution in [2.75, 3.05) is 11.9 Å². The Hall–Kier alpha value is -2.08. The number of amides is 1. The molecule has 94 valence electrons. The minimum atomic E-state index is -0.357. The highest BCUT2D eigenvalue weighted by atomic mass is 35.5. The van der Waals surface area contributed by atoms with Gasteiger partial charge in [0, 0.05) is 5.69 Å². The Balaban J connectivity index is 2.11. The SMILES string of the molecule is CCOc1ccc(NC(=O)c2cn[nH]n2)cc1Cl. The molecule has 2 aromatic rings. The highest BCUT2D eigenvalue weighted by Crippen LogP contribution is 2.27. The summed E-state index contributed by atoms with van der Waals surface area (Å²) >= 11 is 6.01. The van der Waals surface area contributed by atoms with E-state index in [1.807, 2.05) is 6.92 Å². The van der Waals surface area contributed by atoms with E-state index in [0.29, 0.717) is 23.1 Å². The molecule has 1 aromatic heterocycles. The fraction of sp³-hybridized carbons (Fsp3) is 0.182. The van der Waals surface area contributed by atoms with Crippen LogP contribution in [0.15, 0.2) is 24.4 Å². The number of hydrogen-bond acceptors (Lipinski definition) is 4. The van der Waals surface area contributed by atoms with E-state index in [0.717, 1.165) is 0 Å². The van der Waals surface area contributed by atoms with Gasteiger partial charge < -0.3 is 10.1 Å². The fourth-order valence-electron chi connectivity index (χ4n) is 1.36. The molecule has 7 heteroatoms. The van der Waals surface area contributed by atoms with Gasteiger partial charge in [-0.2, -0.15) is 15.4 Å². The number of aromatic nitrogens is 3. The Bertz CT molecular complexity index is 542. The molecule has 0 atom stereocenters. The van der Waals surface area contributed by atoms with Gasteiger partial charge in [-0.1, -0.05) is 11.6 Å². The predicted octanol–water partition coefficient (Wildman–Crippen LogP) is 2.11. The van der Waals surface area contributed by atoms with Crippen molar-refractivity contribution in [1.82, 2.24) is 15.4 Å². The largest absolute Gasteiger partial charge is 0.492 e. The number of rotatable bonds is 4. The molecule has 0 aliphatic heterocycles. The van der Waals surface area contributed by atoms with Gasteiger partial charge in [-0.3, -0.25) is 4.79 Å². The van der Waals surface area contributed by atoms with E-state index in [1.165, 1.54) is 6.20 Å². The lowest BCUT2D eigenvalue weighted by molar-refractivity contribution is 0.102. The molecule has 0 radical (unpaired) electrons. The zero-order chi connectivity index (χ0) is 13.0. The van der Waals surface area contributed by atoms with Crippen molar-refractivity contribution >= 4 is 23.2 Å². The number of carbonyl (C=O) groups is 1. The van der Waals surface area contributed by atoms with Crippen molar-refractivity contribution < 1.29 is 9.53 Å². The van der Waals surface area contributed by atoms with Crippen molar-refractivity contribution in [3.05, 3.63) is 35.1 Å². The van der Waals surface area contributed by atoms with Crippen LogP contribution in [0.5, 0.6) is 5.75 Å². The number of carbonyl (C=O) groups excluding carboxylic acids is 1. The molecular weight excluding hydrogens is 256 g/mol. The summed E-state index contributed by atoms with van der Waals surface area (Å²) in [5, 5.41) is 12.7. The maximum Gasteiger partial charge on any atom is 0.277 e. The summed E-state index contributed by atoms with van der Waals surface area (Å²) in [4.78, 5) is 11.7. The minimum absolute atomic E-state index is 0.208. The van der Waals surface area contributed by atoms with E-state index in [1.54, 1.807) is 18.2 Å². The average Bonchev–Trinajstić information content (AvgIpc) is 2.86. The number of aromatic amines is 1. The lowest BCUT2D eigenvalue weighted by Gasteiger charge is -2.08. The third-order valence-corrected chi connectivity index (χ3v) is 2.43. The fourth-order valence-corrected chi connectivity index (χ4v) is 1.59. The molecule has 1 amide bonds. The summed E-state index contributed by atoms with van der Waals surface area (Å²) in [6, 6.07) is 5.02. The monoisotopic (exact) mass is 266 g/mol. The van der Waals surface area contributed by atoms with E-state index in [9.17, 15) is 4.79 Å². The number of nitrogens with zero attached hydrogens (tertiary/aromatic N) is 2. The van der Waals surface area contributed by atoms with Crippen LogP contribution in [0.3, 0.4) is 0 Å². The quantitative estimate of drug-likeness (QED) is 0.888. The molecule has 0 aliphatic carbocycles. The number of benzene rings is 1. The highest BCUT2D eigenvalue weighted by Gasteiger charge is 2.10. The van der Waals surface area contributed by atoms with Gasteiger partial charge in [-0.05, 0) is 25.1 Å². The molecular formula is C11H11ClN4O2. The Kier molecular flexibility index (Phi) is 3.78. The van der Waals surface area contributed by atoms with E-state index >= 15 is 0 Å². The first kappa shape index (κ1) is 12.4. The zero-order valence-corrected chi connectivity index (χ0v) is 10.4. The molecule has 0 aliphatic rings. The van der Waals surface area contributed by atoms with Crippen LogP contribution in [0.2, 0.25) is 5.02 Å². The zero-order valence-electron chi connectivity index (χ0n) is 9.61. The van der Waals surface area contributed by atoms with Gasteiger partial charge >= 0.3 is 0 Å². The van der Waals surface area contributed by atoms with Crippen LogP contribution in [-0.4, -0.2) is 27.9 Å². The van der Waals surface area contributed by atoms with Crippen molar-refractivity contribution in [1.29, 1.82) is 0 Å². The number of nitrogens with one attached hydrogen (secondary N) is 2. The molecule has 0 bridgehead atoms. The molecule has 2 rings (SSSR count). The second-order valence-electron chi connectivity index (χ2n) is 3.39. The van der Waals surface area contributed by atoms with Gasteiger partial charge in [0.05, 0.1) is 17.8 Å². The molecule has 0 fully saturated rings. The van der Waals surface area contributed by atoms with E-state index in [2.05, 4.69) is 20.7 Å². The Morgan fingerprint density at radius 3 is 3.00 bits per heavy atom. The predicted molar refractivity (Wildman–Crippen MR) is 67.0 cm³/mol. The third-order valence-electron chi connectivity index (χ3n) is 2.14. The second kappa shape index (κ2) is 5.50. The second-order valence-corrected chi connectivity index (χ2v) is 3.79. The van der Waals surface area contributed by atoms with E-state index in [-0.39, 0.29) is 11.6 Å². The van der Waals surface area contributed by atoms with E-state index in [4.69, 9.17) is 16.3 Å². The topological polar surface area (TPSA) is 79.9 Å². The van der Waals surface area contributed by atoms with Gasteiger partial charge in [-0.25, -0.2) is 0 Å². The van der Waals surface area contributed by atoms with Crippen LogP contribution in [0.4, 0.5) is 5.69 Å². The summed E-state index contributed by atoms with van der Waals surface area (Å²) in [7, 11) is 0. The number of hydrogen-bond donors (Lipinski definition) is 2. The van der Waals surface area contributed by atoms with Crippen LogP contribution < -0.4 is 10.1 Å². The number of anilines is 1. The van der Waals surface area contributed by atoms with Crippen molar-refractivity contribution in [3.63, 3.8) is 0 Å². The smallest absolute Gasteiger partial charge is 0.277 e. The first-order valence-corrected chi connectivity index (χ1v) is 5.68. The van der Waals surface area contributed by atoms with Crippen LogP contribution in [0.25, 0.3) is 0 Å². The van der Waals surface area contributed by atoms with Crippen LogP contribution in [0.1, 0.15) is 17.4 Å².